The van der Waals surface area contributed by atoms with Gasteiger partial charge in [0.15, 0.2) is 5.75 Å². The van der Waals surface area contributed by atoms with Gasteiger partial charge in [0.1, 0.15) is 6.23 Å². The number of benzene rings is 1. The third kappa shape index (κ3) is 3.46. The quantitative estimate of drug-likeness (QED) is 0.919. The summed E-state index contributed by atoms with van der Waals surface area (Å²) in [5.74, 6) is -0.162. The maximum atomic E-state index is 12.4. The highest BCUT2D eigenvalue weighted by Gasteiger charge is 2.25. The molecular formula is C18H22N2O3. The summed E-state index contributed by atoms with van der Waals surface area (Å²) < 4.78 is 6.96. The molecule has 5 heteroatoms. The molecule has 0 bridgehead atoms. The smallest absolute Gasteiger partial charge is 0.293 e. The van der Waals surface area contributed by atoms with E-state index in [0.717, 1.165) is 24.9 Å². The van der Waals surface area contributed by atoms with E-state index in [4.69, 9.17) is 4.74 Å². The van der Waals surface area contributed by atoms with Crippen LogP contribution in [0.4, 0.5) is 0 Å². The van der Waals surface area contributed by atoms with E-state index in [1.807, 2.05) is 36.4 Å². The van der Waals surface area contributed by atoms with Gasteiger partial charge in [0.25, 0.3) is 5.56 Å². The summed E-state index contributed by atoms with van der Waals surface area (Å²) in [4.78, 5) is 14.5. The summed E-state index contributed by atoms with van der Waals surface area (Å²) in [6, 6.07) is 11.6. The molecule has 2 heterocycles. The summed E-state index contributed by atoms with van der Waals surface area (Å²) in [6.07, 6.45) is 3.88. The number of hydrogen-bond donors (Lipinski definition) is 1. The van der Waals surface area contributed by atoms with Gasteiger partial charge in [-0.1, -0.05) is 30.3 Å². The van der Waals surface area contributed by atoms with Gasteiger partial charge in [0.2, 0.25) is 0 Å². The van der Waals surface area contributed by atoms with Crippen molar-refractivity contribution in [3.63, 3.8) is 0 Å². The molecule has 122 valence electrons. The number of pyridine rings is 1. The topological polar surface area (TPSA) is 54.7 Å². The molecule has 1 atom stereocenters. The van der Waals surface area contributed by atoms with E-state index >= 15 is 0 Å². The molecule has 1 aromatic heterocycles. The van der Waals surface area contributed by atoms with E-state index in [1.165, 1.54) is 4.57 Å². The molecule has 1 aliphatic heterocycles. The Morgan fingerprint density at radius 2 is 2.00 bits per heavy atom. The average Bonchev–Trinajstić information content (AvgIpc) is 3.03. The summed E-state index contributed by atoms with van der Waals surface area (Å²) >= 11 is 0. The van der Waals surface area contributed by atoms with E-state index < -0.39 is 0 Å². The van der Waals surface area contributed by atoms with Crippen molar-refractivity contribution in [1.29, 1.82) is 0 Å². The molecule has 23 heavy (non-hydrogen) atoms. The highest BCUT2D eigenvalue weighted by molar-refractivity contribution is 5.29. The first-order chi connectivity index (χ1) is 11.2. The summed E-state index contributed by atoms with van der Waals surface area (Å²) in [6.45, 7) is 1.91. The van der Waals surface area contributed by atoms with Crippen LogP contribution < -0.4 is 5.56 Å². The largest absolute Gasteiger partial charge is 0.503 e. The number of likely N-dealkylation sites (tertiary alicyclic amines) is 1. The van der Waals surface area contributed by atoms with Crippen LogP contribution in [-0.4, -0.2) is 34.5 Å². The zero-order valence-corrected chi connectivity index (χ0v) is 13.3. The number of rotatable bonds is 5. The average molecular weight is 314 g/mol. The minimum atomic E-state index is -0.348. The molecule has 1 saturated heterocycles. The van der Waals surface area contributed by atoms with Gasteiger partial charge in [0, 0.05) is 32.0 Å². The van der Waals surface area contributed by atoms with Crippen LogP contribution in [0.5, 0.6) is 5.75 Å². The SMILES string of the molecule is COC1CCCN1Cc1ccn(Cc2ccccc2)c(=O)c1O. The first-order valence-electron chi connectivity index (χ1n) is 7.91. The second-order valence-corrected chi connectivity index (χ2v) is 5.91. The third-order valence-electron chi connectivity index (χ3n) is 4.37. The Morgan fingerprint density at radius 1 is 1.22 bits per heavy atom. The second-order valence-electron chi connectivity index (χ2n) is 5.91. The van der Waals surface area contributed by atoms with Crippen LogP contribution in [-0.2, 0) is 17.8 Å². The van der Waals surface area contributed by atoms with Gasteiger partial charge in [-0.25, -0.2) is 0 Å². The van der Waals surface area contributed by atoms with E-state index in [1.54, 1.807) is 13.3 Å². The van der Waals surface area contributed by atoms with Crippen molar-refractivity contribution in [1.82, 2.24) is 9.47 Å². The van der Waals surface area contributed by atoms with Crippen LogP contribution in [0.3, 0.4) is 0 Å². The zero-order chi connectivity index (χ0) is 16.2. The van der Waals surface area contributed by atoms with Crippen molar-refractivity contribution in [3.8, 4) is 5.75 Å². The highest BCUT2D eigenvalue weighted by Crippen LogP contribution is 2.22. The van der Waals surface area contributed by atoms with E-state index in [9.17, 15) is 9.90 Å². The minimum absolute atomic E-state index is 0.0705. The molecule has 1 fully saturated rings. The Kier molecular flexibility index (Phi) is 4.79. The maximum absolute atomic E-state index is 12.4. The molecule has 3 rings (SSSR count). The van der Waals surface area contributed by atoms with Gasteiger partial charge in [0.05, 0.1) is 6.54 Å². The first kappa shape index (κ1) is 15.8. The lowest BCUT2D eigenvalue weighted by Crippen LogP contribution is -2.31. The predicted molar refractivity (Wildman–Crippen MR) is 88.4 cm³/mol. The first-order valence-corrected chi connectivity index (χ1v) is 7.91. The fourth-order valence-electron chi connectivity index (χ4n) is 3.09. The van der Waals surface area contributed by atoms with Crippen LogP contribution in [0.2, 0.25) is 0 Å². The standard InChI is InChI=1S/C18H22N2O3/c1-23-16-8-5-10-19(16)13-15-9-11-20(18(22)17(15)21)12-14-6-3-2-4-7-14/h2-4,6-7,9,11,16,21H,5,8,10,12-13H2,1H3. The molecule has 0 spiro atoms. The van der Waals surface area contributed by atoms with Crippen molar-refractivity contribution in [2.75, 3.05) is 13.7 Å². The Hall–Kier alpha value is -2.11. The monoisotopic (exact) mass is 314 g/mol. The fourth-order valence-corrected chi connectivity index (χ4v) is 3.09. The van der Waals surface area contributed by atoms with Crippen molar-refractivity contribution < 1.29 is 9.84 Å². The van der Waals surface area contributed by atoms with Gasteiger partial charge >= 0.3 is 0 Å². The summed E-state index contributed by atoms with van der Waals surface area (Å²) in [5.41, 5.74) is 1.34. The van der Waals surface area contributed by atoms with Gasteiger partial charge in [-0.05, 0) is 24.5 Å². The molecule has 1 N–H and O–H groups in total. The van der Waals surface area contributed by atoms with Crippen LogP contribution in [0.1, 0.15) is 24.0 Å². The number of methoxy groups -OCH3 is 1. The Labute approximate surface area is 135 Å². The Balaban J connectivity index is 1.79. The van der Waals surface area contributed by atoms with Gasteiger partial charge < -0.3 is 14.4 Å². The fraction of sp³-hybridized carbons (Fsp3) is 0.389. The molecule has 0 radical (unpaired) electrons. The van der Waals surface area contributed by atoms with Crippen LogP contribution >= 0.6 is 0 Å². The minimum Gasteiger partial charge on any atom is -0.503 e. The number of aromatic nitrogens is 1. The molecule has 1 aliphatic rings. The molecule has 0 saturated carbocycles. The lowest BCUT2D eigenvalue weighted by molar-refractivity contribution is -0.00846. The molecule has 2 aromatic rings. The van der Waals surface area contributed by atoms with E-state index in [0.29, 0.717) is 18.7 Å². The summed E-state index contributed by atoms with van der Waals surface area (Å²) in [7, 11) is 1.70. The molecular weight excluding hydrogens is 292 g/mol. The normalized spacial score (nSPS) is 18.4. The van der Waals surface area contributed by atoms with Crippen LogP contribution in [0, 0.1) is 0 Å². The number of ether oxygens (including phenoxy) is 1. The molecule has 5 nitrogen and oxygen atoms in total. The molecule has 0 amide bonds. The van der Waals surface area contributed by atoms with E-state index in [2.05, 4.69) is 4.90 Å². The van der Waals surface area contributed by atoms with Gasteiger partial charge in [-0.15, -0.1) is 0 Å². The Morgan fingerprint density at radius 3 is 2.74 bits per heavy atom. The Bertz CT molecular complexity index is 712. The zero-order valence-electron chi connectivity index (χ0n) is 13.3. The predicted octanol–water partition coefficient (Wildman–Crippen LogP) is 2.17. The van der Waals surface area contributed by atoms with Crippen LogP contribution in [0.15, 0.2) is 47.4 Å². The van der Waals surface area contributed by atoms with Crippen molar-refractivity contribution in [2.24, 2.45) is 0 Å². The molecule has 1 aromatic carbocycles. The molecule has 1 unspecified atom stereocenters. The highest BCUT2D eigenvalue weighted by atomic mass is 16.5. The lowest BCUT2D eigenvalue weighted by Gasteiger charge is -2.23. The number of aromatic hydroxyl groups is 1. The van der Waals surface area contributed by atoms with E-state index in [-0.39, 0.29) is 17.5 Å². The van der Waals surface area contributed by atoms with Crippen molar-refractivity contribution in [3.05, 3.63) is 64.1 Å². The van der Waals surface area contributed by atoms with Gasteiger partial charge in [-0.3, -0.25) is 9.69 Å². The van der Waals surface area contributed by atoms with Gasteiger partial charge in [-0.2, -0.15) is 0 Å². The third-order valence-corrected chi connectivity index (χ3v) is 4.37. The number of hydrogen-bond acceptors (Lipinski definition) is 4. The van der Waals surface area contributed by atoms with Crippen molar-refractivity contribution in [2.45, 2.75) is 32.2 Å². The molecule has 0 aliphatic carbocycles. The number of nitrogens with zero attached hydrogens (tertiary/aromatic N) is 2. The van der Waals surface area contributed by atoms with Crippen LogP contribution in [0.25, 0.3) is 0 Å². The second kappa shape index (κ2) is 6.98. The maximum Gasteiger partial charge on any atom is 0.293 e. The summed E-state index contributed by atoms with van der Waals surface area (Å²) in [5, 5.41) is 10.3. The lowest BCUT2D eigenvalue weighted by atomic mass is 10.2. The van der Waals surface area contributed by atoms with Crippen molar-refractivity contribution >= 4 is 0 Å².